The number of aromatic nitrogens is 2. The topological polar surface area (TPSA) is 90.9 Å². The third-order valence-corrected chi connectivity index (χ3v) is 2.73. The number of anilines is 2. The van der Waals surface area contributed by atoms with Gasteiger partial charge in [-0.2, -0.15) is 5.26 Å². The highest BCUT2D eigenvalue weighted by Crippen LogP contribution is 2.23. The summed E-state index contributed by atoms with van der Waals surface area (Å²) in [6.45, 7) is 9.63. The molecular weight excluding hydrogens is 240 g/mol. The molecule has 0 radical (unpaired) electrons. The lowest BCUT2D eigenvalue weighted by atomic mass is 9.96. The van der Waals surface area contributed by atoms with Crippen LogP contribution in [0.25, 0.3) is 0 Å². The Kier molecular flexibility index (Phi) is 5.07. The Labute approximate surface area is 114 Å². The summed E-state index contributed by atoms with van der Waals surface area (Å²) in [6.07, 6.45) is 0.466. The predicted molar refractivity (Wildman–Crippen MR) is 76.7 cm³/mol. The van der Waals surface area contributed by atoms with Crippen molar-refractivity contribution in [1.82, 2.24) is 9.97 Å². The second-order valence-electron chi connectivity index (χ2n) is 5.32. The van der Waals surface area contributed by atoms with Crippen LogP contribution in [0.4, 0.5) is 11.6 Å². The first-order valence-electron chi connectivity index (χ1n) is 6.40. The van der Waals surface area contributed by atoms with Gasteiger partial charge in [0.25, 0.3) is 0 Å². The van der Waals surface area contributed by atoms with Gasteiger partial charge in [-0.05, 0) is 6.92 Å². The fourth-order valence-corrected chi connectivity index (χ4v) is 1.63. The summed E-state index contributed by atoms with van der Waals surface area (Å²) in [5, 5.41) is 8.70. The van der Waals surface area contributed by atoms with Crippen molar-refractivity contribution >= 4 is 11.6 Å². The lowest BCUT2D eigenvalue weighted by Crippen LogP contribution is -2.27. The Bertz CT molecular complexity index is 457. The third kappa shape index (κ3) is 4.07. The first kappa shape index (κ1) is 15.2. The average Bonchev–Trinajstić information content (AvgIpc) is 2.38. The van der Waals surface area contributed by atoms with Gasteiger partial charge in [0, 0.05) is 24.6 Å². The van der Waals surface area contributed by atoms with Gasteiger partial charge in [0.15, 0.2) is 0 Å². The zero-order valence-electron chi connectivity index (χ0n) is 12.1. The largest absolute Gasteiger partial charge is 0.356 e. The molecule has 0 aromatic carbocycles. The quantitative estimate of drug-likeness (QED) is 0.621. The van der Waals surface area contributed by atoms with Crippen LogP contribution in [-0.4, -0.2) is 23.1 Å². The van der Waals surface area contributed by atoms with Gasteiger partial charge in [-0.3, -0.25) is 0 Å². The van der Waals surface area contributed by atoms with Crippen LogP contribution in [0.3, 0.4) is 0 Å². The molecule has 1 heterocycles. The predicted octanol–water partition coefficient (Wildman–Crippen LogP) is 1.80. The molecule has 0 saturated carbocycles. The number of nitriles is 1. The summed E-state index contributed by atoms with van der Waals surface area (Å²) < 4.78 is 0. The zero-order chi connectivity index (χ0) is 14.5. The number of nitrogens with one attached hydrogen (secondary N) is 1. The van der Waals surface area contributed by atoms with Gasteiger partial charge in [-0.15, -0.1) is 0 Å². The molecule has 1 aromatic heterocycles. The SMILES string of the molecule is CCN(CCC#N)c1cc(NN)nc(C(C)(C)C)n1. The Balaban J connectivity index is 3.15. The first-order chi connectivity index (χ1) is 8.92. The highest BCUT2D eigenvalue weighted by molar-refractivity contribution is 5.49. The van der Waals surface area contributed by atoms with E-state index in [0.29, 0.717) is 18.8 Å². The second kappa shape index (κ2) is 6.34. The molecule has 0 bridgehead atoms. The third-order valence-electron chi connectivity index (χ3n) is 2.73. The number of hydrogen-bond acceptors (Lipinski definition) is 6. The number of hydrazine groups is 1. The van der Waals surface area contributed by atoms with Crippen LogP contribution in [0, 0.1) is 11.3 Å². The van der Waals surface area contributed by atoms with Gasteiger partial charge in [0.05, 0.1) is 12.5 Å². The Morgan fingerprint density at radius 1 is 1.42 bits per heavy atom. The highest BCUT2D eigenvalue weighted by atomic mass is 15.3. The summed E-state index contributed by atoms with van der Waals surface area (Å²) >= 11 is 0. The number of rotatable bonds is 5. The molecule has 0 aliphatic rings. The highest BCUT2D eigenvalue weighted by Gasteiger charge is 2.20. The molecule has 104 valence electrons. The van der Waals surface area contributed by atoms with E-state index >= 15 is 0 Å². The molecule has 1 rings (SSSR count). The van der Waals surface area contributed by atoms with Crippen molar-refractivity contribution in [3.05, 3.63) is 11.9 Å². The maximum Gasteiger partial charge on any atom is 0.145 e. The fraction of sp³-hybridized carbons (Fsp3) is 0.615. The minimum absolute atomic E-state index is 0.156. The standard InChI is InChI=1S/C13H22N6/c1-5-19(8-6-7-14)11-9-10(18-15)16-12(17-11)13(2,3)4/h9H,5-6,8,15H2,1-4H3,(H,16,17,18). The van der Waals surface area contributed by atoms with Crippen molar-refractivity contribution < 1.29 is 0 Å². The van der Waals surface area contributed by atoms with Crippen LogP contribution < -0.4 is 16.2 Å². The van der Waals surface area contributed by atoms with Crippen LogP contribution in [0.1, 0.15) is 39.9 Å². The molecule has 3 N–H and O–H groups in total. The van der Waals surface area contributed by atoms with E-state index in [0.717, 1.165) is 18.2 Å². The van der Waals surface area contributed by atoms with E-state index in [9.17, 15) is 0 Å². The summed E-state index contributed by atoms with van der Waals surface area (Å²) in [7, 11) is 0. The first-order valence-corrected chi connectivity index (χ1v) is 6.40. The second-order valence-corrected chi connectivity index (χ2v) is 5.32. The van der Waals surface area contributed by atoms with Crippen LogP contribution >= 0.6 is 0 Å². The van der Waals surface area contributed by atoms with Crippen molar-refractivity contribution in [2.45, 2.75) is 39.5 Å². The molecule has 0 unspecified atom stereocenters. The molecule has 0 saturated heterocycles. The van der Waals surface area contributed by atoms with E-state index in [2.05, 4.69) is 42.2 Å². The van der Waals surface area contributed by atoms with E-state index in [1.54, 1.807) is 6.07 Å². The lowest BCUT2D eigenvalue weighted by Gasteiger charge is -2.24. The average molecular weight is 262 g/mol. The molecule has 19 heavy (non-hydrogen) atoms. The molecule has 6 heteroatoms. The molecule has 0 aliphatic carbocycles. The van der Waals surface area contributed by atoms with Crippen molar-refractivity contribution in [2.24, 2.45) is 5.84 Å². The van der Waals surface area contributed by atoms with Crippen molar-refractivity contribution in [3.63, 3.8) is 0 Å². The number of hydrogen-bond donors (Lipinski definition) is 2. The van der Waals surface area contributed by atoms with Gasteiger partial charge in [0.2, 0.25) is 0 Å². The van der Waals surface area contributed by atoms with E-state index in [4.69, 9.17) is 11.1 Å². The van der Waals surface area contributed by atoms with Crippen molar-refractivity contribution in [1.29, 1.82) is 5.26 Å². The van der Waals surface area contributed by atoms with Gasteiger partial charge >= 0.3 is 0 Å². The van der Waals surface area contributed by atoms with Gasteiger partial charge in [-0.25, -0.2) is 15.8 Å². The normalized spacial score (nSPS) is 10.9. The Morgan fingerprint density at radius 3 is 2.58 bits per heavy atom. The van der Waals surface area contributed by atoms with E-state index in [-0.39, 0.29) is 5.41 Å². The fourth-order valence-electron chi connectivity index (χ4n) is 1.63. The Morgan fingerprint density at radius 2 is 2.11 bits per heavy atom. The number of nitrogens with zero attached hydrogens (tertiary/aromatic N) is 4. The van der Waals surface area contributed by atoms with E-state index in [1.165, 1.54) is 0 Å². The monoisotopic (exact) mass is 262 g/mol. The molecule has 0 amide bonds. The van der Waals surface area contributed by atoms with E-state index in [1.807, 2.05) is 11.8 Å². The molecule has 0 aliphatic heterocycles. The van der Waals surface area contributed by atoms with Crippen LogP contribution in [0.2, 0.25) is 0 Å². The van der Waals surface area contributed by atoms with Gasteiger partial charge in [0.1, 0.15) is 17.5 Å². The maximum absolute atomic E-state index is 8.70. The minimum atomic E-state index is -0.156. The zero-order valence-corrected chi connectivity index (χ0v) is 12.1. The molecule has 1 aromatic rings. The smallest absolute Gasteiger partial charge is 0.145 e. The summed E-state index contributed by atoms with van der Waals surface area (Å²) in [6, 6.07) is 3.95. The lowest BCUT2D eigenvalue weighted by molar-refractivity contribution is 0.544. The maximum atomic E-state index is 8.70. The van der Waals surface area contributed by atoms with E-state index < -0.39 is 0 Å². The minimum Gasteiger partial charge on any atom is -0.356 e. The van der Waals surface area contributed by atoms with Crippen LogP contribution in [0.15, 0.2) is 6.07 Å². The molecule has 0 fully saturated rings. The van der Waals surface area contributed by atoms with Gasteiger partial charge in [-0.1, -0.05) is 20.8 Å². The number of nitrogens with two attached hydrogens (primary N) is 1. The molecule has 6 nitrogen and oxygen atoms in total. The summed E-state index contributed by atoms with van der Waals surface area (Å²) in [4.78, 5) is 11.0. The number of nitrogen functional groups attached to an aromatic ring is 1. The van der Waals surface area contributed by atoms with Crippen LogP contribution in [-0.2, 0) is 5.41 Å². The molecule has 0 spiro atoms. The molecule has 0 atom stereocenters. The Hall–Kier alpha value is -1.87. The molecular formula is C13H22N6. The summed E-state index contributed by atoms with van der Waals surface area (Å²) in [5.74, 6) is 7.58. The summed E-state index contributed by atoms with van der Waals surface area (Å²) in [5.41, 5.74) is 2.42. The van der Waals surface area contributed by atoms with Crippen molar-refractivity contribution in [3.8, 4) is 6.07 Å². The van der Waals surface area contributed by atoms with Gasteiger partial charge < -0.3 is 10.3 Å². The van der Waals surface area contributed by atoms with Crippen LogP contribution in [0.5, 0.6) is 0 Å². The van der Waals surface area contributed by atoms with Crippen molar-refractivity contribution in [2.75, 3.05) is 23.4 Å².